The van der Waals surface area contributed by atoms with Crippen molar-refractivity contribution >= 4 is 82.3 Å². The summed E-state index contributed by atoms with van der Waals surface area (Å²) in [5.41, 5.74) is 1.50. The molecular formula is C62H132N2O16S5. The van der Waals surface area contributed by atoms with Crippen molar-refractivity contribution in [3.05, 3.63) is 12.2 Å². The Morgan fingerprint density at radius 2 is 0.906 bits per heavy atom. The van der Waals surface area contributed by atoms with Crippen molar-refractivity contribution in [1.82, 2.24) is 4.90 Å². The Hall–Kier alpha value is -0.870. The molecule has 516 valence electrons. The minimum atomic E-state index is -0.505. The van der Waals surface area contributed by atoms with Crippen molar-refractivity contribution in [2.45, 2.75) is 246 Å². The summed E-state index contributed by atoms with van der Waals surface area (Å²) >= 11 is 10.2. The Morgan fingerprint density at radius 1 is 0.529 bits per heavy atom. The summed E-state index contributed by atoms with van der Waals surface area (Å²) in [6.07, 6.45) is 10.8. The van der Waals surface area contributed by atoms with Crippen molar-refractivity contribution in [1.29, 1.82) is 0 Å². The molecule has 18 nitrogen and oxygen atoms in total. The van der Waals surface area contributed by atoms with Gasteiger partial charge in [-0.05, 0) is 119 Å². The Kier molecular flexibility index (Phi) is 76.3. The molecule has 8 saturated heterocycles. The highest BCUT2D eigenvalue weighted by Crippen LogP contribution is 2.31. The molecule has 0 aromatic heterocycles. The largest absolute Gasteiger partial charge is 0.463 e. The van der Waals surface area contributed by atoms with Gasteiger partial charge in [0.2, 0.25) is 17.9 Å². The molecule has 0 saturated carbocycles. The van der Waals surface area contributed by atoms with E-state index in [2.05, 4.69) is 86.8 Å². The number of hydrogen-bond acceptors (Lipinski definition) is 22. The molecule has 8 fully saturated rings. The Morgan fingerprint density at radius 3 is 1.16 bits per heavy atom. The number of rotatable bonds is 2. The smallest absolute Gasteiger partial charge is 0.350 e. The van der Waals surface area contributed by atoms with Crippen LogP contribution in [0.15, 0.2) is 17.3 Å². The summed E-state index contributed by atoms with van der Waals surface area (Å²) < 4.78 is 62.8. The first-order chi connectivity index (χ1) is 36.8. The van der Waals surface area contributed by atoms with Crippen LogP contribution in [0.2, 0.25) is 0 Å². The Bertz CT molecular complexity index is 1440. The van der Waals surface area contributed by atoms with Crippen LogP contribution in [0.25, 0.3) is 0 Å². The van der Waals surface area contributed by atoms with Gasteiger partial charge in [0, 0.05) is 72.2 Å². The molecule has 0 bridgehead atoms. The predicted octanol–water partition coefficient (Wildman–Crippen LogP) is 15.7. The number of likely N-dealkylation sites (tertiary alicyclic amines) is 1. The summed E-state index contributed by atoms with van der Waals surface area (Å²) in [6.45, 7) is 33.4. The van der Waals surface area contributed by atoms with Crippen LogP contribution >= 0.6 is 58.8 Å². The molecule has 0 aromatic rings. The van der Waals surface area contributed by atoms with Crippen LogP contribution in [0.1, 0.15) is 194 Å². The lowest BCUT2D eigenvalue weighted by atomic mass is 9.96. The highest BCUT2D eigenvalue weighted by molar-refractivity contribution is 8.20. The van der Waals surface area contributed by atoms with Gasteiger partial charge in [0.25, 0.3) is 0 Å². The number of imide groups is 1. The van der Waals surface area contributed by atoms with Gasteiger partial charge in [-0.3, -0.25) is 14.5 Å². The zero-order chi connectivity index (χ0) is 57.1. The van der Waals surface area contributed by atoms with Crippen LogP contribution in [0.3, 0.4) is 0 Å². The summed E-state index contributed by atoms with van der Waals surface area (Å²) in [5, 5.41) is 3.64. The van der Waals surface area contributed by atoms with Gasteiger partial charge in [0.15, 0.2) is 31.5 Å². The number of carbonyl (C=O) groups is 3. The van der Waals surface area contributed by atoms with Crippen LogP contribution in [0.4, 0.5) is 0 Å². The molecule has 10 heterocycles. The fourth-order valence-electron chi connectivity index (χ4n) is 6.41. The lowest BCUT2D eigenvalue weighted by Gasteiger charge is -2.32. The fourth-order valence-corrected chi connectivity index (χ4v) is 12.0. The minimum Gasteiger partial charge on any atom is -0.463 e. The molecule has 0 radical (unpaired) electrons. The first-order valence-electron chi connectivity index (χ1n) is 27.5. The summed E-state index contributed by atoms with van der Waals surface area (Å²) in [4.78, 5) is 37.9. The number of amides is 2. The van der Waals surface area contributed by atoms with E-state index < -0.39 is 6.10 Å². The number of oxime groups is 1. The molecule has 23 heteroatoms. The minimum absolute atomic E-state index is 0. The van der Waals surface area contributed by atoms with Crippen molar-refractivity contribution in [3.63, 3.8) is 0 Å². The van der Waals surface area contributed by atoms with E-state index in [1.54, 1.807) is 6.92 Å². The van der Waals surface area contributed by atoms with Crippen LogP contribution in [-0.2, 0) is 76.1 Å². The molecule has 2 amide bonds. The second-order valence-electron chi connectivity index (χ2n) is 18.9. The highest BCUT2D eigenvalue weighted by Gasteiger charge is 2.28. The third-order valence-corrected chi connectivity index (χ3v) is 17.7. The molecular weight excluding hydrogens is 1190 g/mol. The maximum atomic E-state index is 11.0. The van der Waals surface area contributed by atoms with Crippen molar-refractivity contribution in [2.75, 3.05) is 115 Å². The van der Waals surface area contributed by atoms with Gasteiger partial charge in [-0.2, -0.15) is 0 Å². The quantitative estimate of drug-likeness (QED) is 0.144. The molecule has 10 rings (SSSR count). The standard InChI is InChI=1S/C7H11NO3.C7H14O2.C6H12O2.C6H10O2.C5H7NO2.C5H10O2.C5H10OS.C5H10S2.C4H8O2.C4H8S2.8CH4/c1-3-10-7(9)6-4-5(2)8-11-6;1-6-8-4-7(2,3)5-9-6;2*1-6-7-4-2-3-5-8-6;1-6-4(7)2-3-5(6)8;3*1-5-6-3-2-4-7-5;2*1-4-5-2-3-6-4;;;;;;;;/h6H,3-4H2,1-2H3;6H,4-5H2,1-3H3;6H,2-5H2,1H3;2-3,6H,4-5H2,1H3;2-3H2,1H3;3*5H,2-4H2,1H3;2*4H,2-3H2,1H3;8*1H4. The number of hydrogen-bond donors (Lipinski definition) is 0. The molecule has 0 aromatic carbocycles. The maximum Gasteiger partial charge on any atom is 0.350 e. The number of thioether (sulfide) groups is 5. The SMILES string of the molecule is C.C.C.C.C.C.C.C.CC1OCC(C)(C)CO1.CC1OCC=CCO1.CC1OCCCCO1.CC1OCCCO1.CC1OCCCS1.CC1OCCO1.CC1SCCCS1.CC1SCCS1.CCOC(=O)C1CC(C)=NO1.CN1C(=O)CCC1=O. The molecule has 10 aliphatic heterocycles. The molecule has 0 aliphatic carbocycles. The van der Waals surface area contributed by atoms with E-state index in [0.717, 1.165) is 93.6 Å². The summed E-state index contributed by atoms with van der Waals surface area (Å²) in [5.74, 6) is 6.33. The van der Waals surface area contributed by atoms with Gasteiger partial charge in [-0.1, -0.05) is 90.6 Å². The van der Waals surface area contributed by atoms with E-state index in [-0.39, 0.29) is 114 Å². The van der Waals surface area contributed by atoms with Crippen molar-refractivity contribution < 1.29 is 76.1 Å². The van der Waals surface area contributed by atoms with Crippen LogP contribution < -0.4 is 0 Å². The maximum absolute atomic E-state index is 11.0. The predicted molar refractivity (Wildman–Crippen MR) is 370 cm³/mol. The molecule has 0 spiro atoms. The second kappa shape index (κ2) is 64.7. The van der Waals surface area contributed by atoms with Crippen LogP contribution in [-0.4, -0.2) is 196 Å². The monoisotopic (exact) mass is 1320 g/mol. The van der Waals surface area contributed by atoms with E-state index in [0.29, 0.717) is 44.5 Å². The van der Waals surface area contributed by atoms with Gasteiger partial charge in [-0.15, -0.1) is 58.8 Å². The molecule has 0 N–H and O–H groups in total. The first kappa shape index (κ1) is 100. The summed E-state index contributed by atoms with van der Waals surface area (Å²) in [6, 6.07) is 0. The fraction of sp³-hybridized carbons (Fsp3) is 0.903. The molecule has 85 heavy (non-hydrogen) atoms. The molecule has 10 aliphatic rings. The van der Waals surface area contributed by atoms with Gasteiger partial charge in [0.05, 0.1) is 70.6 Å². The van der Waals surface area contributed by atoms with E-state index in [4.69, 9.17) is 61.7 Å². The number of carbonyl (C=O) groups excluding carboxylic acids is 3. The number of ether oxygens (including phenoxy) is 12. The van der Waals surface area contributed by atoms with Crippen molar-refractivity contribution in [2.24, 2.45) is 10.6 Å². The Balaban J connectivity index is -0.000000128. The van der Waals surface area contributed by atoms with E-state index in [9.17, 15) is 14.4 Å². The number of nitrogens with zero attached hydrogens (tertiary/aromatic N) is 2. The third-order valence-electron chi connectivity index (χ3n) is 10.9. The molecule has 2 atom stereocenters. The zero-order valence-corrected chi connectivity index (χ0v) is 53.1. The van der Waals surface area contributed by atoms with Crippen molar-refractivity contribution in [3.8, 4) is 0 Å². The topological polar surface area (TPSA) is 187 Å². The average Bonchev–Trinajstić information content (AvgIpc) is 4.21. The van der Waals surface area contributed by atoms with E-state index in [1.807, 2.05) is 65.5 Å². The first-order valence-corrected chi connectivity index (χ1v) is 32.7. The summed E-state index contributed by atoms with van der Waals surface area (Å²) in [7, 11) is 1.51. The van der Waals surface area contributed by atoms with Gasteiger partial charge < -0.3 is 61.7 Å². The van der Waals surface area contributed by atoms with Crippen LogP contribution in [0, 0.1) is 5.41 Å². The van der Waals surface area contributed by atoms with Crippen LogP contribution in [0.5, 0.6) is 0 Å². The third kappa shape index (κ3) is 59.2. The second-order valence-corrected chi connectivity index (χ2v) is 26.7. The van der Waals surface area contributed by atoms with E-state index in [1.165, 1.54) is 53.6 Å². The Labute approximate surface area is 544 Å². The lowest BCUT2D eigenvalue weighted by molar-refractivity contribution is -0.212. The van der Waals surface area contributed by atoms with Gasteiger partial charge in [-0.25, -0.2) is 4.79 Å². The number of esters is 1. The molecule has 2 unspecified atom stereocenters. The lowest BCUT2D eigenvalue weighted by Crippen LogP contribution is -2.36. The zero-order valence-electron chi connectivity index (χ0n) is 49.0. The van der Waals surface area contributed by atoms with E-state index >= 15 is 0 Å². The highest BCUT2D eigenvalue weighted by atomic mass is 32.2. The average molecular weight is 1320 g/mol. The normalized spacial score (nSPS) is 22.8. The van der Waals surface area contributed by atoms with Gasteiger partial charge >= 0.3 is 5.97 Å². The van der Waals surface area contributed by atoms with Gasteiger partial charge in [0.1, 0.15) is 0 Å².